The largest absolute Gasteiger partial charge is 0.373 e. The van der Waals surface area contributed by atoms with E-state index in [1.165, 1.54) is 0 Å². The normalized spacial score (nSPS) is 45.8. The SMILES string of the molecule is C[C@@H]1CO[C@@H]2COC(C)(C)O[C@H]12. The topological polar surface area (TPSA) is 27.7 Å². The molecule has 3 nitrogen and oxygen atoms in total. The summed E-state index contributed by atoms with van der Waals surface area (Å²) in [6.45, 7) is 7.53. The van der Waals surface area contributed by atoms with E-state index in [9.17, 15) is 0 Å². The van der Waals surface area contributed by atoms with Crippen LogP contribution in [-0.4, -0.2) is 31.2 Å². The van der Waals surface area contributed by atoms with Gasteiger partial charge in [0.1, 0.15) is 6.10 Å². The highest BCUT2D eigenvalue weighted by Gasteiger charge is 2.43. The molecule has 2 aliphatic heterocycles. The number of rotatable bonds is 0. The molecule has 0 N–H and O–H groups in total. The molecule has 0 aromatic carbocycles. The number of ether oxygens (including phenoxy) is 3. The highest BCUT2D eigenvalue weighted by molar-refractivity contribution is 4.86. The predicted octanol–water partition coefficient (Wildman–Crippen LogP) is 1.17. The molecule has 3 atom stereocenters. The molecule has 3 heteroatoms. The van der Waals surface area contributed by atoms with Gasteiger partial charge in [-0.25, -0.2) is 0 Å². The Labute approximate surface area is 73.0 Å². The van der Waals surface area contributed by atoms with Crippen molar-refractivity contribution >= 4 is 0 Å². The van der Waals surface area contributed by atoms with Gasteiger partial charge in [-0.1, -0.05) is 6.92 Å². The molecule has 0 aliphatic carbocycles. The summed E-state index contributed by atoms with van der Waals surface area (Å²) in [5, 5.41) is 0. The van der Waals surface area contributed by atoms with Crippen molar-refractivity contribution in [2.75, 3.05) is 13.2 Å². The molecule has 70 valence electrons. The second-order valence-electron chi connectivity index (χ2n) is 4.14. The molecule has 2 rings (SSSR count). The van der Waals surface area contributed by atoms with Gasteiger partial charge in [0.15, 0.2) is 5.79 Å². The van der Waals surface area contributed by atoms with Crippen molar-refractivity contribution in [3.63, 3.8) is 0 Å². The summed E-state index contributed by atoms with van der Waals surface area (Å²) in [4.78, 5) is 0. The van der Waals surface area contributed by atoms with Crippen molar-refractivity contribution < 1.29 is 14.2 Å². The van der Waals surface area contributed by atoms with E-state index in [2.05, 4.69) is 6.92 Å². The van der Waals surface area contributed by atoms with Crippen molar-refractivity contribution in [1.82, 2.24) is 0 Å². The molecule has 0 spiro atoms. The molecule has 0 saturated carbocycles. The van der Waals surface area contributed by atoms with Gasteiger partial charge in [0, 0.05) is 5.92 Å². The third-order valence-electron chi connectivity index (χ3n) is 2.52. The molecule has 0 aromatic rings. The molecule has 0 radical (unpaired) electrons. The average molecular weight is 172 g/mol. The third kappa shape index (κ3) is 1.37. The first kappa shape index (κ1) is 8.48. The van der Waals surface area contributed by atoms with E-state index in [-0.39, 0.29) is 12.2 Å². The van der Waals surface area contributed by atoms with Crippen LogP contribution in [0.2, 0.25) is 0 Å². The molecule has 0 bridgehead atoms. The second kappa shape index (κ2) is 2.69. The minimum absolute atomic E-state index is 0.160. The van der Waals surface area contributed by atoms with Gasteiger partial charge in [0.25, 0.3) is 0 Å². The maximum atomic E-state index is 5.76. The fraction of sp³-hybridized carbons (Fsp3) is 1.00. The Balaban J connectivity index is 2.07. The number of fused-ring (bicyclic) bond motifs is 1. The van der Waals surface area contributed by atoms with Crippen LogP contribution in [0.1, 0.15) is 20.8 Å². The molecule has 0 aromatic heterocycles. The number of hydrogen-bond acceptors (Lipinski definition) is 3. The van der Waals surface area contributed by atoms with Crippen LogP contribution < -0.4 is 0 Å². The Bertz CT molecular complexity index is 179. The lowest BCUT2D eigenvalue weighted by molar-refractivity contribution is -0.296. The van der Waals surface area contributed by atoms with Gasteiger partial charge >= 0.3 is 0 Å². The van der Waals surface area contributed by atoms with Crippen molar-refractivity contribution in [2.45, 2.75) is 38.8 Å². The van der Waals surface area contributed by atoms with Crippen LogP contribution >= 0.6 is 0 Å². The standard InChI is InChI=1S/C9H16O3/c1-6-4-10-7-5-11-9(2,3)12-8(6)7/h6-8H,4-5H2,1-3H3/t6-,7-,8-/m1/s1. The molecule has 2 heterocycles. The summed E-state index contributed by atoms with van der Waals surface area (Å²) in [7, 11) is 0. The summed E-state index contributed by atoms with van der Waals surface area (Å²) < 4.78 is 16.8. The van der Waals surface area contributed by atoms with E-state index in [0.29, 0.717) is 12.5 Å². The van der Waals surface area contributed by atoms with Gasteiger partial charge in [-0.2, -0.15) is 0 Å². The van der Waals surface area contributed by atoms with E-state index in [0.717, 1.165) is 6.61 Å². The van der Waals surface area contributed by atoms with Crippen LogP contribution in [0, 0.1) is 5.92 Å². The Hall–Kier alpha value is -0.120. The fourth-order valence-electron chi connectivity index (χ4n) is 1.81. The third-order valence-corrected chi connectivity index (χ3v) is 2.52. The molecular weight excluding hydrogens is 156 g/mol. The Morgan fingerprint density at radius 2 is 2.00 bits per heavy atom. The zero-order valence-corrected chi connectivity index (χ0v) is 7.87. The van der Waals surface area contributed by atoms with Crippen molar-refractivity contribution in [1.29, 1.82) is 0 Å². The predicted molar refractivity (Wildman–Crippen MR) is 43.8 cm³/mol. The zero-order chi connectivity index (χ0) is 8.77. The van der Waals surface area contributed by atoms with Crippen LogP contribution in [-0.2, 0) is 14.2 Å². The Morgan fingerprint density at radius 1 is 1.25 bits per heavy atom. The minimum atomic E-state index is -0.427. The quantitative estimate of drug-likeness (QED) is 0.549. The van der Waals surface area contributed by atoms with Crippen LogP contribution in [0.5, 0.6) is 0 Å². The lowest BCUT2D eigenvalue weighted by Crippen LogP contribution is -2.48. The monoisotopic (exact) mass is 172 g/mol. The summed E-state index contributed by atoms with van der Waals surface area (Å²) in [5.74, 6) is 0.0709. The first-order valence-corrected chi connectivity index (χ1v) is 4.52. The van der Waals surface area contributed by atoms with Gasteiger partial charge in [-0.05, 0) is 13.8 Å². The molecule has 2 aliphatic rings. The lowest BCUT2D eigenvalue weighted by atomic mass is 10.0. The van der Waals surface area contributed by atoms with Crippen LogP contribution in [0.3, 0.4) is 0 Å². The maximum absolute atomic E-state index is 5.76. The Morgan fingerprint density at radius 3 is 2.75 bits per heavy atom. The van der Waals surface area contributed by atoms with Crippen molar-refractivity contribution in [3.05, 3.63) is 0 Å². The minimum Gasteiger partial charge on any atom is -0.373 e. The first-order chi connectivity index (χ1) is 5.58. The molecule has 12 heavy (non-hydrogen) atoms. The summed E-state index contributed by atoms with van der Waals surface area (Å²) in [6, 6.07) is 0. The van der Waals surface area contributed by atoms with Crippen LogP contribution in [0.15, 0.2) is 0 Å². The summed E-state index contributed by atoms with van der Waals surface area (Å²) in [5.41, 5.74) is 0. The highest BCUT2D eigenvalue weighted by atomic mass is 16.7. The van der Waals surface area contributed by atoms with E-state index >= 15 is 0 Å². The van der Waals surface area contributed by atoms with Crippen LogP contribution in [0.4, 0.5) is 0 Å². The van der Waals surface area contributed by atoms with E-state index in [1.807, 2.05) is 13.8 Å². The fourth-order valence-corrected chi connectivity index (χ4v) is 1.81. The maximum Gasteiger partial charge on any atom is 0.163 e. The summed E-state index contributed by atoms with van der Waals surface area (Å²) >= 11 is 0. The van der Waals surface area contributed by atoms with Gasteiger partial charge in [0.2, 0.25) is 0 Å². The first-order valence-electron chi connectivity index (χ1n) is 4.52. The molecule has 0 amide bonds. The van der Waals surface area contributed by atoms with Gasteiger partial charge in [0.05, 0.1) is 19.3 Å². The van der Waals surface area contributed by atoms with Crippen molar-refractivity contribution in [3.8, 4) is 0 Å². The average Bonchev–Trinajstić information content (AvgIpc) is 2.31. The van der Waals surface area contributed by atoms with Gasteiger partial charge < -0.3 is 14.2 Å². The van der Waals surface area contributed by atoms with Crippen molar-refractivity contribution in [2.24, 2.45) is 5.92 Å². The van der Waals surface area contributed by atoms with E-state index in [4.69, 9.17) is 14.2 Å². The smallest absolute Gasteiger partial charge is 0.163 e. The molecule has 0 unspecified atom stereocenters. The number of hydrogen-bond donors (Lipinski definition) is 0. The van der Waals surface area contributed by atoms with Crippen LogP contribution in [0.25, 0.3) is 0 Å². The van der Waals surface area contributed by atoms with E-state index in [1.54, 1.807) is 0 Å². The lowest BCUT2D eigenvalue weighted by Gasteiger charge is -2.38. The molecule has 2 fully saturated rings. The highest BCUT2D eigenvalue weighted by Crippen LogP contribution is 2.32. The second-order valence-corrected chi connectivity index (χ2v) is 4.14. The van der Waals surface area contributed by atoms with Gasteiger partial charge in [-0.15, -0.1) is 0 Å². The van der Waals surface area contributed by atoms with E-state index < -0.39 is 5.79 Å². The zero-order valence-electron chi connectivity index (χ0n) is 7.87. The molecular formula is C9H16O3. The van der Waals surface area contributed by atoms with Gasteiger partial charge in [-0.3, -0.25) is 0 Å². The Kier molecular flexibility index (Phi) is 1.90. The summed E-state index contributed by atoms with van der Waals surface area (Å²) in [6.07, 6.45) is 0.391. The molecule has 2 saturated heterocycles.